The summed E-state index contributed by atoms with van der Waals surface area (Å²) in [6.45, 7) is 1.17. The maximum atomic E-state index is 12.6. The Balaban J connectivity index is 3.57. The third kappa shape index (κ3) is 2.34. The van der Waals surface area contributed by atoms with Crippen molar-refractivity contribution in [2.24, 2.45) is 0 Å². The summed E-state index contributed by atoms with van der Waals surface area (Å²) in [5.41, 5.74) is -0.0744. The van der Waals surface area contributed by atoms with E-state index in [-0.39, 0.29) is 11.6 Å². The van der Waals surface area contributed by atoms with Crippen LogP contribution in [0.5, 0.6) is 0 Å². The first-order valence-electron chi connectivity index (χ1n) is 3.40. The quantitative estimate of drug-likeness (QED) is 0.615. The van der Waals surface area contributed by atoms with Crippen molar-refractivity contribution >= 4 is 10.2 Å². The highest BCUT2D eigenvalue weighted by molar-refractivity contribution is 8.45. The summed E-state index contributed by atoms with van der Waals surface area (Å²) < 4.78 is 73.3. The molecule has 0 atom stereocenters. The molecule has 0 saturated carbocycles. The smallest absolute Gasteiger partial charge is 0.205 e. The summed E-state index contributed by atoms with van der Waals surface area (Å²) in [5.74, 6) is -1.95. The van der Waals surface area contributed by atoms with Gasteiger partial charge in [-0.1, -0.05) is 25.5 Å². The van der Waals surface area contributed by atoms with Crippen LogP contribution in [0.1, 0.15) is 5.56 Å². The van der Waals surface area contributed by atoms with Crippen LogP contribution >= 0.6 is 10.2 Å². The summed E-state index contributed by atoms with van der Waals surface area (Å²) in [5, 5.41) is 0. The van der Waals surface area contributed by atoms with E-state index in [4.69, 9.17) is 0 Å². The molecule has 1 aromatic carbocycles. The fourth-order valence-electron chi connectivity index (χ4n) is 0.906. The molecule has 1 rings (SSSR count). The first-order chi connectivity index (χ1) is 5.90. The molecular formula is C7H6F6S. The van der Waals surface area contributed by atoms with Crippen molar-refractivity contribution in [3.63, 3.8) is 0 Å². The molecule has 0 aromatic heterocycles. The molecule has 0 fully saturated rings. The zero-order valence-corrected chi connectivity index (χ0v) is 7.72. The van der Waals surface area contributed by atoms with Crippen molar-refractivity contribution in [2.75, 3.05) is 0 Å². The Bertz CT molecular complexity index is 378. The second kappa shape index (κ2) is 2.21. The molecule has 82 valence electrons. The minimum absolute atomic E-state index is 0.0744. The maximum Gasteiger partial charge on any atom is 0.313 e. The van der Waals surface area contributed by atoms with Crippen LogP contribution in [-0.2, 0) is 0 Å². The van der Waals surface area contributed by atoms with Gasteiger partial charge in [0.15, 0.2) is 0 Å². The molecule has 0 aliphatic heterocycles. The van der Waals surface area contributed by atoms with Crippen LogP contribution < -0.4 is 0 Å². The predicted octanol–water partition coefficient (Wildman–Crippen LogP) is 4.79. The van der Waals surface area contributed by atoms with Crippen molar-refractivity contribution in [3.8, 4) is 0 Å². The standard InChI is InChI=1S/C7H6F6S/c1-5-2-3-6(8)7(4-5)14(9,10,11,12)13/h2-4H,1H3. The number of halogens is 6. The van der Waals surface area contributed by atoms with Gasteiger partial charge in [-0.15, -0.1) is 0 Å². The Kier molecular flexibility index (Phi) is 1.77. The first-order valence-corrected chi connectivity index (χ1v) is 5.35. The molecule has 0 nitrogen and oxygen atoms in total. The van der Waals surface area contributed by atoms with Crippen molar-refractivity contribution in [2.45, 2.75) is 11.8 Å². The highest BCUT2D eigenvalue weighted by Gasteiger charge is 2.67. The van der Waals surface area contributed by atoms with Crippen molar-refractivity contribution in [3.05, 3.63) is 29.6 Å². The van der Waals surface area contributed by atoms with E-state index in [9.17, 15) is 23.8 Å². The molecule has 14 heavy (non-hydrogen) atoms. The van der Waals surface area contributed by atoms with E-state index in [1.165, 1.54) is 6.92 Å². The highest BCUT2D eigenvalue weighted by Crippen LogP contribution is 3.02. The van der Waals surface area contributed by atoms with Gasteiger partial charge >= 0.3 is 10.2 Å². The third-order valence-electron chi connectivity index (χ3n) is 1.50. The summed E-state index contributed by atoms with van der Waals surface area (Å²) in [4.78, 5) is -2.45. The third-order valence-corrected chi connectivity index (χ3v) is 2.65. The number of hydrogen-bond donors (Lipinski definition) is 0. The Morgan fingerprint density at radius 1 is 1.00 bits per heavy atom. The minimum atomic E-state index is -9.89. The molecule has 0 amide bonds. The van der Waals surface area contributed by atoms with Crippen LogP contribution in [0, 0.1) is 12.7 Å². The average Bonchev–Trinajstić information content (AvgIpc) is 1.89. The van der Waals surface area contributed by atoms with Gasteiger partial charge in [0.25, 0.3) is 0 Å². The van der Waals surface area contributed by atoms with Crippen LogP contribution in [0.2, 0.25) is 0 Å². The molecular weight excluding hydrogens is 230 g/mol. The Labute approximate surface area is 76.3 Å². The average molecular weight is 236 g/mol. The summed E-state index contributed by atoms with van der Waals surface area (Å²) in [6.07, 6.45) is 0. The Morgan fingerprint density at radius 2 is 1.50 bits per heavy atom. The minimum Gasteiger partial charge on any atom is -0.205 e. The van der Waals surface area contributed by atoms with E-state index in [0.29, 0.717) is 6.07 Å². The molecule has 0 N–H and O–H groups in total. The Morgan fingerprint density at radius 3 is 1.86 bits per heavy atom. The molecule has 0 spiro atoms. The monoisotopic (exact) mass is 236 g/mol. The van der Waals surface area contributed by atoms with Gasteiger partial charge < -0.3 is 0 Å². The lowest BCUT2D eigenvalue weighted by Gasteiger charge is -2.40. The molecule has 1 aromatic rings. The molecule has 0 aliphatic rings. The fraction of sp³-hybridized carbons (Fsp3) is 0.143. The number of benzene rings is 1. The van der Waals surface area contributed by atoms with E-state index in [1.807, 2.05) is 0 Å². The van der Waals surface area contributed by atoms with Gasteiger partial charge in [0.2, 0.25) is 0 Å². The van der Waals surface area contributed by atoms with Crippen LogP contribution in [-0.4, -0.2) is 0 Å². The van der Waals surface area contributed by atoms with Crippen LogP contribution in [0.3, 0.4) is 0 Å². The second-order valence-corrected chi connectivity index (χ2v) is 5.28. The number of hydrogen-bond acceptors (Lipinski definition) is 0. The lowest BCUT2D eigenvalue weighted by atomic mass is 10.2. The van der Waals surface area contributed by atoms with Crippen molar-refractivity contribution < 1.29 is 23.8 Å². The molecule has 0 saturated heterocycles. The van der Waals surface area contributed by atoms with Gasteiger partial charge in [-0.25, -0.2) is 4.39 Å². The molecule has 0 heterocycles. The first kappa shape index (κ1) is 11.2. The van der Waals surface area contributed by atoms with Crippen molar-refractivity contribution in [1.82, 2.24) is 0 Å². The lowest BCUT2D eigenvalue weighted by Crippen LogP contribution is -2.08. The summed E-state index contributed by atoms with van der Waals surface area (Å²) >= 11 is 0. The molecule has 7 heteroatoms. The highest BCUT2D eigenvalue weighted by atomic mass is 32.5. The molecule has 0 unspecified atom stereocenters. The van der Waals surface area contributed by atoms with E-state index >= 15 is 0 Å². The van der Waals surface area contributed by atoms with Crippen LogP contribution in [0.15, 0.2) is 23.1 Å². The predicted molar refractivity (Wildman–Crippen MR) is 42.5 cm³/mol. The van der Waals surface area contributed by atoms with Crippen LogP contribution in [0.4, 0.5) is 23.8 Å². The number of rotatable bonds is 1. The zero-order chi connectivity index (χ0) is 11.3. The Hall–Kier alpha value is -0.850. The summed E-state index contributed by atoms with van der Waals surface area (Å²) in [7, 11) is -9.89. The van der Waals surface area contributed by atoms with Gasteiger partial charge in [-0.05, 0) is 24.6 Å². The maximum absolute atomic E-state index is 12.6. The number of aryl methyl sites for hydroxylation is 1. The van der Waals surface area contributed by atoms with E-state index in [1.54, 1.807) is 0 Å². The lowest BCUT2D eigenvalue weighted by molar-refractivity contribution is 0.355. The van der Waals surface area contributed by atoms with E-state index in [0.717, 1.165) is 6.07 Å². The topological polar surface area (TPSA) is 0 Å². The second-order valence-electron chi connectivity index (χ2n) is 2.90. The van der Waals surface area contributed by atoms with Gasteiger partial charge in [0.1, 0.15) is 10.7 Å². The summed E-state index contributed by atoms with van der Waals surface area (Å²) in [6, 6.07) is 1.47. The van der Waals surface area contributed by atoms with E-state index < -0.39 is 20.9 Å². The van der Waals surface area contributed by atoms with Crippen LogP contribution in [0.25, 0.3) is 0 Å². The zero-order valence-electron chi connectivity index (χ0n) is 6.91. The SMILES string of the molecule is Cc1ccc(F)c(S(F)(F)(F)(F)F)c1. The van der Waals surface area contributed by atoms with E-state index in [2.05, 4.69) is 0 Å². The normalized spacial score (nSPS) is 17.4. The van der Waals surface area contributed by atoms with Crippen molar-refractivity contribution in [1.29, 1.82) is 0 Å². The molecule has 0 aliphatic carbocycles. The molecule has 0 bridgehead atoms. The largest absolute Gasteiger partial charge is 0.313 e. The van der Waals surface area contributed by atoms with Gasteiger partial charge in [-0.3, -0.25) is 0 Å². The van der Waals surface area contributed by atoms with Gasteiger partial charge in [0.05, 0.1) is 0 Å². The van der Waals surface area contributed by atoms with Gasteiger partial charge in [0, 0.05) is 0 Å². The molecule has 0 radical (unpaired) electrons. The fourth-order valence-corrected chi connectivity index (χ4v) is 1.75. The van der Waals surface area contributed by atoms with Gasteiger partial charge in [-0.2, -0.15) is 0 Å².